The molecule has 0 amide bonds. The van der Waals surface area contributed by atoms with Crippen molar-refractivity contribution in [3.8, 4) is 5.75 Å². The lowest BCUT2D eigenvalue weighted by molar-refractivity contribution is 0.149. The molecule has 18 heavy (non-hydrogen) atoms. The maximum Gasteiger partial charge on any atom is 0.124 e. The van der Waals surface area contributed by atoms with E-state index >= 15 is 0 Å². The van der Waals surface area contributed by atoms with Gasteiger partial charge in [-0.1, -0.05) is 18.5 Å². The molecule has 0 aliphatic carbocycles. The fraction of sp³-hybridized carbons (Fsp3) is 0.571. The van der Waals surface area contributed by atoms with Crippen LogP contribution in [0.25, 0.3) is 0 Å². The van der Waals surface area contributed by atoms with Gasteiger partial charge < -0.3 is 10.1 Å². The fourth-order valence-electron chi connectivity index (χ4n) is 2.33. The first-order chi connectivity index (χ1) is 8.74. The summed E-state index contributed by atoms with van der Waals surface area (Å²) >= 11 is 8.02. The van der Waals surface area contributed by atoms with Crippen LogP contribution in [-0.4, -0.2) is 24.7 Å². The molecular weight excluding hydrogens is 266 g/mol. The van der Waals surface area contributed by atoms with E-state index in [-0.39, 0.29) is 0 Å². The van der Waals surface area contributed by atoms with Crippen LogP contribution in [-0.2, 0) is 0 Å². The Kier molecular flexibility index (Phi) is 5.22. The Bertz CT molecular complexity index is 399. The third-order valence-electron chi connectivity index (χ3n) is 3.28. The molecule has 1 aliphatic heterocycles. The van der Waals surface area contributed by atoms with Crippen molar-refractivity contribution in [3.63, 3.8) is 0 Å². The highest BCUT2D eigenvalue weighted by Gasteiger charge is 2.27. The zero-order valence-electron chi connectivity index (χ0n) is 10.9. The molecule has 1 aliphatic rings. The van der Waals surface area contributed by atoms with Crippen LogP contribution >= 0.6 is 23.4 Å². The Morgan fingerprint density at radius 3 is 3.06 bits per heavy atom. The standard InChI is InChI=1S/C14H20ClNOS/c1-3-18-7-6-11-9-13(16-2)12-8-10(15)4-5-14(12)17-11/h4-5,8,11,13,16H,3,6-7,9H2,1-2H3. The van der Waals surface area contributed by atoms with Crippen molar-refractivity contribution in [3.05, 3.63) is 28.8 Å². The number of nitrogens with one attached hydrogen (secondary N) is 1. The SMILES string of the molecule is CCSCCC1CC(NC)c2cc(Cl)ccc2O1. The molecule has 2 unspecified atom stereocenters. The number of thioether (sulfide) groups is 1. The van der Waals surface area contributed by atoms with Crippen LogP contribution in [0.1, 0.15) is 31.4 Å². The van der Waals surface area contributed by atoms with E-state index in [4.69, 9.17) is 16.3 Å². The highest BCUT2D eigenvalue weighted by atomic mass is 35.5. The molecule has 0 saturated carbocycles. The lowest BCUT2D eigenvalue weighted by Gasteiger charge is -2.32. The molecule has 1 aromatic rings. The van der Waals surface area contributed by atoms with Gasteiger partial charge in [0.1, 0.15) is 11.9 Å². The van der Waals surface area contributed by atoms with Crippen molar-refractivity contribution < 1.29 is 4.74 Å². The van der Waals surface area contributed by atoms with Crippen molar-refractivity contribution in [2.75, 3.05) is 18.6 Å². The van der Waals surface area contributed by atoms with Crippen molar-refractivity contribution in [1.82, 2.24) is 5.32 Å². The van der Waals surface area contributed by atoms with Gasteiger partial charge in [-0.15, -0.1) is 0 Å². The zero-order chi connectivity index (χ0) is 13.0. The molecule has 0 saturated heterocycles. The minimum atomic E-state index is 0.315. The second-order valence-electron chi connectivity index (χ2n) is 4.48. The highest BCUT2D eigenvalue weighted by Crippen LogP contribution is 2.37. The Hall–Kier alpha value is -0.380. The molecule has 100 valence electrons. The second kappa shape index (κ2) is 6.69. The Labute approximate surface area is 118 Å². The molecule has 1 heterocycles. The molecule has 2 rings (SSSR count). The number of hydrogen-bond acceptors (Lipinski definition) is 3. The van der Waals surface area contributed by atoms with Crippen molar-refractivity contribution in [2.45, 2.75) is 31.9 Å². The van der Waals surface area contributed by atoms with Gasteiger partial charge in [0.05, 0.1) is 0 Å². The summed E-state index contributed by atoms with van der Waals surface area (Å²) in [5.74, 6) is 3.33. The highest BCUT2D eigenvalue weighted by molar-refractivity contribution is 7.99. The zero-order valence-corrected chi connectivity index (χ0v) is 12.5. The number of halogens is 1. The molecule has 0 aromatic heterocycles. The predicted molar refractivity (Wildman–Crippen MR) is 79.9 cm³/mol. The largest absolute Gasteiger partial charge is 0.490 e. The molecule has 0 fully saturated rings. The average Bonchev–Trinajstić information content (AvgIpc) is 2.38. The van der Waals surface area contributed by atoms with Gasteiger partial charge in [-0.25, -0.2) is 0 Å². The van der Waals surface area contributed by atoms with Crippen molar-refractivity contribution >= 4 is 23.4 Å². The lowest BCUT2D eigenvalue weighted by Crippen LogP contribution is -2.31. The van der Waals surface area contributed by atoms with E-state index in [0.29, 0.717) is 12.1 Å². The predicted octanol–water partition coefficient (Wildman–Crippen LogP) is 3.89. The summed E-state index contributed by atoms with van der Waals surface area (Å²) in [5.41, 5.74) is 1.18. The van der Waals surface area contributed by atoms with Gasteiger partial charge >= 0.3 is 0 Å². The Morgan fingerprint density at radius 2 is 2.33 bits per heavy atom. The molecule has 0 spiro atoms. The van der Waals surface area contributed by atoms with E-state index in [0.717, 1.165) is 23.6 Å². The second-order valence-corrected chi connectivity index (χ2v) is 6.31. The third kappa shape index (κ3) is 3.34. The van der Waals surface area contributed by atoms with Gasteiger partial charge in [-0.3, -0.25) is 0 Å². The maximum atomic E-state index is 6.05. The van der Waals surface area contributed by atoms with Crippen LogP contribution in [0.15, 0.2) is 18.2 Å². The van der Waals surface area contributed by atoms with Crippen LogP contribution in [0.5, 0.6) is 5.75 Å². The molecule has 2 nitrogen and oxygen atoms in total. The van der Waals surface area contributed by atoms with Gasteiger partial charge in [-0.2, -0.15) is 11.8 Å². The fourth-order valence-corrected chi connectivity index (χ4v) is 3.22. The van der Waals surface area contributed by atoms with Gasteiger partial charge in [0.15, 0.2) is 0 Å². The van der Waals surface area contributed by atoms with Gasteiger partial charge in [-0.05, 0) is 43.2 Å². The van der Waals surface area contributed by atoms with E-state index < -0.39 is 0 Å². The van der Waals surface area contributed by atoms with Crippen molar-refractivity contribution in [1.29, 1.82) is 0 Å². The van der Waals surface area contributed by atoms with Crippen LogP contribution in [0.4, 0.5) is 0 Å². The van der Waals surface area contributed by atoms with E-state index in [1.54, 1.807) is 0 Å². The topological polar surface area (TPSA) is 21.3 Å². The minimum absolute atomic E-state index is 0.315. The van der Waals surface area contributed by atoms with E-state index in [2.05, 4.69) is 12.2 Å². The normalized spacial score (nSPS) is 22.4. The number of hydrogen-bond donors (Lipinski definition) is 1. The molecular formula is C14H20ClNOS. The van der Waals surface area contributed by atoms with E-state index in [1.807, 2.05) is 37.0 Å². The first kappa shape index (κ1) is 14.0. The average molecular weight is 286 g/mol. The van der Waals surface area contributed by atoms with Crippen LogP contribution in [0.3, 0.4) is 0 Å². The first-order valence-electron chi connectivity index (χ1n) is 6.45. The Balaban J connectivity index is 2.08. The summed E-state index contributed by atoms with van der Waals surface area (Å²) in [6, 6.07) is 6.25. The summed E-state index contributed by atoms with van der Waals surface area (Å²) < 4.78 is 6.05. The maximum absolute atomic E-state index is 6.05. The lowest BCUT2D eigenvalue weighted by atomic mass is 9.95. The summed E-state index contributed by atoms with van der Waals surface area (Å²) in [4.78, 5) is 0. The summed E-state index contributed by atoms with van der Waals surface area (Å²) in [6.45, 7) is 2.19. The number of benzene rings is 1. The first-order valence-corrected chi connectivity index (χ1v) is 7.99. The molecule has 0 radical (unpaired) electrons. The van der Waals surface area contributed by atoms with E-state index in [1.165, 1.54) is 17.1 Å². The summed E-state index contributed by atoms with van der Waals surface area (Å²) in [5, 5.41) is 4.14. The van der Waals surface area contributed by atoms with E-state index in [9.17, 15) is 0 Å². The van der Waals surface area contributed by atoms with Crippen LogP contribution in [0.2, 0.25) is 5.02 Å². The number of fused-ring (bicyclic) bond motifs is 1. The molecule has 4 heteroatoms. The van der Waals surface area contributed by atoms with Crippen molar-refractivity contribution in [2.24, 2.45) is 0 Å². The number of ether oxygens (including phenoxy) is 1. The van der Waals surface area contributed by atoms with Gasteiger partial charge in [0.25, 0.3) is 0 Å². The molecule has 1 aromatic carbocycles. The molecule has 2 atom stereocenters. The third-order valence-corrected chi connectivity index (χ3v) is 4.44. The summed E-state index contributed by atoms with van der Waals surface area (Å²) in [6.07, 6.45) is 2.45. The quantitative estimate of drug-likeness (QED) is 0.829. The molecule has 0 bridgehead atoms. The number of rotatable bonds is 5. The van der Waals surface area contributed by atoms with Gasteiger partial charge in [0, 0.05) is 23.0 Å². The van der Waals surface area contributed by atoms with Crippen LogP contribution < -0.4 is 10.1 Å². The minimum Gasteiger partial charge on any atom is -0.490 e. The van der Waals surface area contributed by atoms with Gasteiger partial charge in [0.2, 0.25) is 0 Å². The monoisotopic (exact) mass is 285 g/mol. The van der Waals surface area contributed by atoms with Crippen LogP contribution in [0, 0.1) is 0 Å². The summed E-state index contributed by atoms with van der Waals surface area (Å²) in [7, 11) is 2.00. The Morgan fingerprint density at radius 1 is 1.50 bits per heavy atom. The smallest absolute Gasteiger partial charge is 0.124 e. The molecule has 1 N–H and O–H groups in total.